The zero-order chi connectivity index (χ0) is 19.9. The lowest BCUT2D eigenvalue weighted by molar-refractivity contribution is 0.0693. The van der Waals surface area contributed by atoms with E-state index in [-0.39, 0.29) is 11.3 Å². The first kappa shape index (κ1) is 19.3. The Morgan fingerprint density at radius 1 is 0.929 bits per heavy atom. The lowest BCUT2D eigenvalue weighted by Gasteiger charge is -2.13. The van der Waals surface area contributed by atoms with E-state index in [1.165, 1.54) is 12.1 Å². The maximum Gasteiger partial charge on any atom is 0.339 e. The van der Waals surface area contributed by atoms with E-state index in [9.17, 15) is 9.90 Å². The fourth-order valence-corrected chi connectivity index (χ4v) is 2.95. The van der Waals surface area contributed by atoms with Crippen molar-refractivity contribution >= 4 is 5.97 Å². The number of carbonyl (C=O) groups is 1. The van der Waals surface area contributed by atoms with Crippen LogP contribution < -0.4 is 9.47 Å². The van der Waals surface area contributed by atoms with Gasteiger partial charge in [-0.3, -0.25) is 0 Å². The molecule has 0 heterocycles. The zero-order valence-corrected chi connectivity index (χ0v) is 15.6. The van der Waals surface area contributed by atoms with Gasteiger partial charge in [0.1, 0.15) is 29.4 Å². The van der Waals surface area contributed by atoms with Crippen molar-refractivity contribution in [2.45, 2.75) is 19.4 Å². The molecule has 0 fully saturated rings. The molecule has 3 aromatic rings. The molecule has 28 heavy (non-hydrogen) atoms. The molecule has 0 saturated carbocycles. The molecule has 0 saturated heterocycles. The van der Waals surface area contributed by atoms with E-state index >= 15 is 0 Å². The SMILES string of the molecule is COc1ccc(OCc2ccccc2)c(CCc2ccc(C(=O)O)c(O)c2)c1. The Morgan fingerprint density at radius 3 is 2.39 bits per heavy atom. The van der Waals surface area contributed by atoms with Crippen molar-refractivity contribution in [3.8, 4) is 17.2 Å². The summed E-state index contributed by atoms with van der Waals surface area (Å²) in [6.07, 6.45) is 1.29. The number of carboxylic acids is 1. The molecule has 0 bridgehead atoms. The number of rotatable bonds is 8. The second-order valence-corrected chi connectivity index (χ2v) is 6.40. The Balaban J connectivity index is 1.74. The third-order valence-electron chi connectivity index (χ3n) is 4.48. The van der Waals surface area contributed by atoms with Crippen LogP contribution >= 0.6 is 0 Å². The van der Waals surface area contributed by atoms with Crippen molar-refractivity contribution in [3.63, 3.8) is 0 Å². The van der Waals surface area contributed by atoms with E-state index in [0.717, 1.165) is 28.2 Å². The van der Waals surface area contributed by atoms with Gasteiger partial charge < -0.3 is 19.7 Å². The summed E-state index contributed by atoms with van der Waals surface area (Å²) in [6.45, 7) is 0.467. The molecule has 0 atom stereocenters. The first-order valence-electron chi connectivity index (χ1n) is 8.95. The highest BCUT2D eigenvalue weighted by atomic mass is 16.5. The fraction of sp³-hybridized carbons (Fsp3) is 0.174. The van der Waals surface area contributed by atoms with E-state index in [4.69, 9.17) is 14.6 Å². The number of aromatic carboxylic acids is 1. The summed E-state index contributed by atoms with van der Waals surface area (Å²) in [7, 11) is 1.62. The summed E-state index contributed by atoms with van der Waals surface area (Å²) >= 11 is 0. The highest BCUT2D eigenvalue weighted by molar-refractivity contribution is 5.90. The minimum atomic E-state index is -1.14. The van der Waals surface area contributed by atoms with Gasteiger partial charge in [0.2, 0.25) is 0 Å². The topological polar surface area (TPSA) is 76.0 Å². The smallest absolute Gasteiger partial charge is 0.339 e. The highest BCUT2D eigenvalue weighted by Gasteiger charge is 2.11. The number of aromatic hydroxyl groups is 1. The summed E-state index contributed by atoms with van der Waals surface area (Å²) in [6, 6.07) is 20.2. The van der Waals surface area contributed by atoms with Gasteiger partial charge in [-0.25, -0.2) is 4.79 Å². The van der Waals surface area contributed by atoms with Crippen LogP contribution in [0.3, 0.4) is 0 Å². The van der Waals surface area contributed by atoms with E-state index in [2.05, 4.69) is 0 Å². The molecule has 3 rings (SSSR count). The minimum absolute atomic E-state index is 0.1000. The number of carboxylic acid groups (broad SMARTS) is 1. The standard InChI is InChI=1S/C23H22O5/c1-27-19-10-12-22(28-15-17-5-3-2-4-6-17)18(14-19)9-7-16-8-11-20(23(25)26)21(24)13-16/h2-6,8,10-14,24H,7,9,15H2,1H3,(H,25,26). The number of hydrogen-bond donors (Lipinski definition) is 2. The molecule has 2 N–H and O–H groups in total. The Kier molecular flexibility index (Phi) is 6.17. The van der Waals surface area contributed by atoms with E-state index < -0.39 is 5.97 Å². The third kappa shape index (κ3) is 4.82. The molecule has 0 unspecified atom stereocenters. The van der Waals surface area contributed by atoms with Crippen molar-refractivity contribution in [1.82, 2.24) is 0 Å². The molecule has 0 aliphatic carbocycles. The molecular weight excluding hydrogens is 356 g/mol. The maximum absolute atomic E-state index is 11.0. The van der Waals surface area contributed by atoms with Gasteiger partial charge in [0.15, 0.2) is 0 Å². The van der Waals surface area contributed by atoms with Crippen LogP contribution in [0.5, 0.6) is 17.2 Å². The van der Waals surface area contributed by atoms with Crippen LogP contribution in [0, 0.1) is 0 Å². The summed E-state index contributed by atoms with van der Waals surface area (Å²) in [5, 5.41) is 18.9. The van der Waals surface area contributed by atoms with Crippen molar-refractivity contribution in [2.24, 2.45) is 0 Å². The molecule has 3 aromatic carbocycles. The summed E-state index contributed by atoms with van der Waals surface area (Å²) in [5.74, 6) is 0.145. The van der Waals surface area contributed by atoms with E-state index in [1.54, 1.807) is 13.2 Å². The van der Waals surface area contributed by atoms with Crippen molar-refractivity contribution < 1.29 is 24.5 Å². The van der Waals surface area contributed by atoms with Crippen LogP contribution in [-0.4, -0.2) is 23.3 Å². The van der Waals surface area contributed by atoms with E-state index in [0.29, 0.717) is 19.4 Å². The summed E-state index contributed by atoms with van der Waals surface area (Å²) < 4.78 is 11.3. The van der Waals surface area contributed by atoms with Crippen LogP contribution in [0.15, 0.2) is 66.7 Å². The van der Waals surface area contributed by atoms with Gasteiger partial charge in [-0.2, -0.15) is 0 Å². The predicted molar refractivity (Wildman–Crippen MR) is 106 cm³/mol. The zero-order valence-electron chi connectivity index (χ0n) is 15.6. The second-order valence-electron chi connectivity index (χ2n) is 6.40. The number of methoxy groups -OCH3 is 1. The van der Waals surface area contributed by atoms with Gasteiger partial charge >= 0.3 is 5.97 Å². The molecule has 0 radical (unpaired) electrons. The quantitative estimate of drug-likeness (QED) is 0.605. The number of hydrogen-bond acceptors (Lipinski definition) is 4. The first-order valence-corrected chi connectivity index (χ1v) is 8.95. The minimum Gasteiger partial charge on any atom is -0.507 e. The highest BCUT2D eigenvalue weighted by Crippen LogP contribution is 2.27. The number of benzene rings is 3. The van der Waals surface area contributed by atoms with Gasteiger partial charge in [-0.15, -0.1) is 0 Å². The maximum atomic E-state index is 11.0. The van der Waals surface area contributed by atoms with Crippen LogP contribution in [0.25, 0.3) is 0 Å². The lowest BCUT2D eigenvalue weighted by atomic mass is 10.0. The molecule has 0 aliphatic heterocycles. The van der Waals surface area contributed by atoms with Crippen molar-refractivity contribution in [3.05, 3.63) is 89.0 Å². The number of ether oxygens (including phenoxy) is 2. The number of phenols is 1. The fourth-order valence-electron chi connectivity index (χ4n) is 2.95. The second kappa shape index (κ2) is 8.95. The molecule has 0 spiro atoms. The van der Waals surface area contributed by atoms with Gasteiger partial charge in [-0.1, -0.05) is 36.4 Å². The van der Waals surface area contributed by atoms with Crippen LogP contribution in [0.4, 0.5) is 0 Å². The van der Waals surface area contributed by atoms with Gasteiger partial charge in [0, 0.05) is 0 Å². The Hall–Kier alpha value is -3.47. The molecular formula is C23H22O5. The summed E-state index contributed by atoms with van der Waals surface area (Å²) in [5.41, 5.74) is 2.81. The average Bonchev–Trinajstić information content (AvgIpc) is 2.71. The molecule has 144 valence electrons. The van der Waals surface area contributed by atoms with Crippen molar-refractivity contribution in [2.75, 3.05) is 7.11 Å². The van der Waals surface area contributed by atoms with E-state index in [1.807, 2.05) is 48.5 Å². The predicted octanol–water partition coefficient (Wildman–Crippen LogP) is 4.46. The first-order chi connectivity index (χ1) is 13.6. The molecule has 5 nitrogen and oxygen atoms in total. The Bertz CT molecular complexity index is 950. The molecule has 0 amide bonds. The number of aryl methyl sites for hydroxylation is 2. The van der Waals surface area contributed by atoms with Crippen molar-refractivity contribution in [1.29, 1.82) is 0 Å². The molecule has 5 heteroatoms. The average molecular weight is 378 g/mol. The third-order valence-corrected chi connectivity index (χ3v) is 4.48. The van der Waals surface area contributed by atoms with Crippen LogP contribution in [0.1, 0.15) is 27.0 Å². The summed E-state index contributed by atoms with van der Waals surface area (Å²) in [4.78, 5) is 11.0. The van der Waals surface area contributed by atoms with Crippen LogP contribution in [-0.2, 0) is 19.4 Å². The normalized spacial score (nSPS) is 10.5. The lowest BCUT2D eigenvalue weighted by Crippen LogP contribution is -2.01. The van der Waals surface area contributed by atoms with Crippen LogP contribution in [0.2, 0.25) is 0 Å². The molecule has 0 aromatic heterocycles. The van der Waals surface area contributed by atoms with Gasteiger partial charge in [0.25, 0.3) is 0 Å². The molecule has 0 aliphatic rings. The largest absolute Gasteiger partial charge is 0.507 e. The van der Waals surface area contributed by atoms with Gasteiger partial charge in [-0.05, 0) is 59.9 Å². The Morgan fingerprint density at radius 2 is 1.71 bits per heavy atom. The Labute approximate surface area is 163 Å². The van der Waals surface area contributed by atoms with Gasteiger partial charge in [0.05, 0.1) is 7.11 Å². The monoisotopic (exact) mass is 378 g/mol.